The van der Waals surface area contributed by atoms with E-state index < -0.39 is 39.2 Å². The summed E-state index contributed by atoms with van der Waals surface area (Å²) in [5, 5.41) is 2.94. The second-order valence-electron chi connectivity index (χ2n) is 10.3. The van der Waals surface area contributed by atoms with Gasteiger partial charge >= 0.3 is 12.4 Å². The molecule has 0 unspecified atom stereocenters. The highest BCUT2D eigenvalue weighted by molar-refractivity contribution is 7.90. The second-order valence-corrected chi connectivity index (χ2v) is 12.3. The first-order valence-electron chi connectivity index (χ1n) is 13.1. The number of aromatic nitrogens is 2. The van der Waals surface area contributed by atoms with Crippen molar-refractivity contribution >= 4 is 15.7 Å². The van der Waals surface area contributed by atoms with Crippen LogP contribution >= 0.6 is 0 Å². The minimum atomic E-state index is -4.52. The van der Waals surface area contributed by atoms with Gasteiger partial charge < -0.3 is 10.2 Å². The molecule has 2 aliphatic heterocycles. The highest BCUT2D eigenvalue weighted by Crippen LogP contribution is 2.34. The highest BCUT2D eigenvalue weighted by atomic mass is 32.2. The molecule has 0 spiro atoms. The Hall–Kier alpha value is -4.30. The predicted octanol–water partition coefficient (Wildman–Crippen LogP) is 6.03. The van der Waals surface area contributed by atoms with Crippen LogP contribution in [0.2, 0.25) is 0 Å². The summed E-state index contributed by atoms with van der Waals surface area (Å²) in [5.41, 5.74) is 1.96. The summed E-state index contributed by atoms with van der Waals surface area (Å²) < 4.78 is 99.7. The van der Waals surface area contributed by atoms with Crippen molar-refractivity contribution < 1.29 is 39.6 Å². The third kappa shape index (κ3) is 6.76. The van der Waals surface area contributed by atoms with Gasteiger partial charge in [0.15, 0.2) is 9.84 Å². The number of sulfone groups is 1. The van der Waals surface area contributed by atoms with Crippen LogP contribution in [0.15, 0.2) is 78.0 Å². The molecule has 6 rings (SSSR count). The van der Waals surface area contributed by atoms with Crippen LogP contribution in [0.4, 0.5) is 26.3 Å². The molecule has 0 radical (unpaired) electrons. The monoisotopic (exact) mass is 634 g/mol. The first-order valence-corrected chi connectivity index (χ1v) is 15.0. The van der Waals surface area contributed by atoms with Crippen LogP contribution in [0, 0.1) is 0 Å². The average Bonchev–Trinajstić information content (AvgIpc) is 3.62. The van der Waals surface area contributed by atoms with E-state index in [4.69, 9.17) is 0 Å². The SMILES string of the molecule is CS(=O)(=O)c1ccc(-c2ccccc2)c(C(=O)N2Cc3cc(C(F)(F)F)cnc3C2)c1.FC(F)(F)c1cnc2c(c1)CNC2. The van der Waals surface area contributed by atoms with Crippen LogP contribution in [0.25, 0.3) is 11.1 Å². The predicted molar refractivity (Wildman–Crippen MR) is 148 cm³/mol. The number of amides is 1. The molecule has 0 saturated heterocycles. The molecule has 1 amide bonds. The topological polar surface area (TPSA) is 92.3 Å². The van der Waals surface area contributed by atoms with Gasteiger partial charge in [-0.25, -0.2) is 8.42 Å². The van der Waals surface area contributed by atoms with Gasteiger partial charge in [-0.15, -0.1) is 0 Å². The number of benzene rings is 2. The summed E-state index contributed by atoms with van der Waals surface area (Å²) in [6.45, 7) is 1.05. The van der Waals surface area contributed by atoms with Gasteiger partial charge in [0.2, 0.25) is 0 Å². The lowest BCUT2D eigenvalue weighted by Gasteiger charge is -2.18. The van der Waals surface area contributed by atoms with Crippen molar-refractivity contribution in [1.82, 2.24) is 20.2 Å². The molecular formula is C30H24F6N4O3S. The zero-order chi connectivity index (χ0) is 31.9. The molecule has 4 aromatic rings. The zero-order valence-electron chi connectivity index (χ0n) is 23.0. The second kappa shape index (κ2) is 11.7. The van der Waals surface area contributed by atoms with E-state index in [0.29, 0.717) is 41.2 Å². The van der Waals surface area contributed by atoms with Crippen LogP contribution in [-0.2, 0) is 48.4 Å². The van der Waals surface area contributed by atoms with E-state index in [1.807, 2.05) is 6.07 Å². The maximum Gasteiger partial charge on any atom is 0.417 e. The Bertz CT molecular complexity index is 1830. The minimum Gasteiger partial charge on any atom is -0.328 e. The number of hydrogen-bond acceptors (Lipinski definition) is 6. The molecule has 2 aliphatic rings. The summed E-state index contributed by atoms with van der Waals surface area (Å²) >= 11 is 0. The number of hydrogen-bond donors (Lipinski definition) is 1. The van der Waals surface area contributed by atoms with Crippen molar-refractivity contribution in [3.8, 4) is 11.1 Å². The Morgan fingerprint density at radius 3 is 2.02 bits per heavy atom. The summed E-state index contributed by atoms with van der Waals surface area (Å²) in [6.07, 6.45) is -6.13. The van der Waals surface area contributed by atoms with E-state index in [-0.39, 0.29) is 23.5 Å². The number of nitrogens with zero attached hydrogens (tertiary/aromatic N) is 3. The Balaban J connectivity index is 0.000000245. The minimum absolute atomic E-state index is 0.00951. The molecule has 0 atom stereocenters. The van der Waals surface area contributed by atoms with Crippen molar-refractivity contribution in [3.05, 3.63) is 112 Å². The molecule has 2 aromatic heterocycles. The average molecular weight is 635 g/mol. The summed E-state index contributed by atoms with van der Waals surface area (Å²) in [7, 11) is -3.57. The van der Waals surface area contributed by atoms with Crippen LogP contribution in [0.3, 0.4) is 0 Å². The molecule has 7 nitrogen and oxygen atoms in total. The number of carbonyl (C=O) groups is 1. The quantitative estimate of drug-likeness (QED) is 0.277. The molecule has 1 N–H and O–H groups in total. The smallest absolute Gasteiger partial charge is 0.328 e. The molecular weight excluding hydrogens is 610 g/mol. The van der Waals surface area contributed by atoms with Crippen molar-refractivity contribution in [2.45, 2.75) is 43.4 Å². The standard InChI is InChI=1S/C22H17F3N2O3S.C8H7F3N2/c1-31(29,30)17-7-8-18(14-5-3-2-4-6-14)19(10-17)21(28)27-12-15-9-16(22(23,24)25)11-26-20(15)13-27;9-8(10,11)6-1-5-2-12-4-7(5)13-3-6/h2-11H,12-13H2,1H3;1,3,12H,2,4H2. The molecule has 0 bridgehead atoms. The number of pyridine rings is 2. The van der Waals surface area contributed by atoms with Gasteiger partial charge in [-0.1, -0.05) is 36.4 Å². The van der Waals surface area contributed by atoms with Gasteiger partial charge in [0.25, 0.3) is 5.91 Å². The van der Waals surface area contributed by atoms with E-state index >= 15 is 0 Å². The Kier molecular flexibility index (Phi) is 8.25. The number of carbonyl (C=O) groups excluding carboxylic acids is 1. The van der Waals surface area contributed by atoms with E-state index in [1.165, 1.54) is 17.0 Å². The van der Waals surface area contributed by atoms with Crippen LogP contribution in [-0.4, -0.2) is 35.4 Å². The van der Waals surface area contributed by atoms with E-state index in [0.717, 1.165) is 36.3 Å². The molecule has 14 heteroatoms. The fraction of sp³-hybridized carbons (Fsp3) is 0.233. The molecule has 0 fully saturated rings. The lowest BCUT2D eigenvalue weighted by Crippen LogP contribution is -2.26. The Morgan fingerprint density at radius 2 is 1.41 bits per heavy atom. The molecule has 44 heavy (non-hydrogen) atoms. The van der Waals surface area contributed by atoms with Gasteiger partial charge in [-0.2, -0.15) is 26.3 Å². The number of rotatable bonds is 3. The Morgan fingerprint density at radius 1 is 0.795 bits per heavy atom. The zero-order valence-corrected chi connectivity index (χ0v) is 23.8. The van der Waals surface area contributed by atoms with Crippen molar-refractivity contribution in [3.63, 3.8) is 0 Å². The number of alkyl halides is 6. The van der Waals surface area contributed by atoms with E-state index in [1.54, 1.807) is 30.3 Å². The van der Waals surface area contributed by atoms with Crippen LogP contribution in [0.1, 0.15) is 44.0 Å². The van der Waals surface area contributed by atoms with Gasteiger partial charge in [-0.05, 0) is 46.5 Å². The summed E-state index contributed by atoms with van der Waals surface area (Å²) in [6, 6.07) is 15.5. The Labute approximate surface area is 248 Å². The van der Waals surface area contributed by atoms with Gasteiger partial charge in [0.05, 0.1) is 34.0 Å². The molecule has 0 saturated carbocycles. The number of halogens is 6. The fourth-order valence-electron chi connectivity index (χ4n) is 4.85. The van der Waals surface area contributed by atoms with Gasteiger partial charge in [0.1, 0.15) is 0 Å². The molecule has 0 aliphatic carbocycles. The van der Waals surface area contributed by atoms with Crippen LogP contribution in [0.5, 0.6) is 0 Å². The summed E-state index contributed by atoms with van der Waals surface area (Å²) in [4.78, 5) is 22.3. The lowest BCUT2D eigenvalue weighted by molar-refractivity contribution is -0.138. The number of fused-ring (bicyclic) bond motifs is 2. The third-order valence-corrected chi connectivity index (χ3v) is 8.22. The van der Waals surface area contributed by atoms with Crippen molar-refractivity contribution in [2.75, 3.05) is 6.26 Å². The van der Waals surface area contributed by atoms with Crippen molar-refractivity contribution in [2.24, 2.45) is 0 Å². The van der Waals surface area contributed by atoms with Crippen molar-refractivity contribution in [1.29, 1.82) is 0 Å². The largest absolute Gasteiger partial charge is 0.417 e. The van der Waals surface area contributed by atoms with Gasteiger partial charge in [0, 0.05) is 43.8 Å². The third-order valence-electron chi connectivity index (χ3n) is 7.11. The first-order chi connectivity index (χ1) is 20.6. The number of nitrogens with one attached hydrogen (secondary N) is 1. The van der Waals surface area contributed by atoms with Crippen LogP contribution < -0.4 is 5.32 Å². The molecule has 4 heterocycles. The normalized spacial score (nSPS) is 14.5. The van der Waals surface area contributed by atoms with E-state index in [2.05, 4.69) is 15.3 Å². The maximum absolute atomic E-state index is 13.4. The fourth-order valence-corrected chi connectivity index (χ4v) is 5.50. The van der Waals surface area contributed by atoms with E-state index in [9.17, 15) is 39.6 Å². The van der Waals surface area contributed by atoms with Gasteiger partial charge in [-0.3, -0.25) is 14.8 Å². The first kappa shape index (κ1) is 31.1. The highest BCUT2D eigenvalue weighted by Gasteiger charge is 2.35. The maximum atomic E-state index is 13.4. The molecule has 2 aromatic carbocycles. The molecule has 230 valence electrons. The lowest BCUT2D eigenvalue weighted by atomic mass is 9.99. The summed E-state index contributed by atoms with van der Waals surface area (Å²) in [5.74, 6) is -0.476.